The van der Waals surface area contributed by atoms with Gasteiger partial charge in [-0.05, 0) is 12.1 Å². The molecule has 0 amide bonds. The molecule has 0 saturated heterocycles. The lowest BCUT2D eigenvalue weighted by atomic mass is 10.1. The lowest BCUT2D eigenvalue weighted by Gasteiger charge is -2.22. The predicted molar refractivity (Wildman–Crippen MR) is 57.1 cm³/mol. The third-order valence-corrected chi connectivity index (χ3v) is 2.18. The fourth-order valence-corrected chi connectivity index (χ4v) is 1.41. The predicted octanol–water partition coefficient (Wildman–Crippen LogP) is 2.10. The maximum Gasteiger partial charge on any atom is 0.405 e. The summed E-state index contributed by atoms with van der Waals surface area (Å²) in [6, 6.07) is 1.46. The van der Waals surface area contributed by atoms with Gasteiger partial charge in [-0.25, -0.2) is 9.18 Å². The number of carbonyl (C=O) groups is 1. The monoisotopic (exact) mass is 266 g/mol. The molecule has 3 N–H and O–H groups in total. The molecule has 0 aliphatic rings. The van der Waals surface area contributed by atoms with E-state index in [-0.39, 0.29) is 5.69 Å². The zero-order valence-corrected chi connectivity index (χ0v) is 9.25. The number of halogens is 4. The fourth-order valence-electron chi connectivity index (χ4n) is 1.41. The lowest BCUT2D eigenvalue weighted by Crippen LogP contribution is -2.31. The zero-order chi connectivity index (χ0) is 14.1. The van der Waals surface area contributed by atoms with Gasteiger partial charge in [-0.1, -0.05) is 0 Å². The van der Waals surface area contributed by atoms with Crippen molar-refractivity contribution in [2.24, 2.45) is 0 Å². The summed E-state index contributed by atoms with van der Waals surface area (Å²) < 4.78 is 49.9. The van der Waals surface area contributed by atoms with Gasteiger partial charge in [0.2, 0.25) is 0 Å². The zero-order valence-electron chi connectivity index (χ0n) is 9.25. The Morgan fingerprint density at radius 1 is 1.44 bits per heavy atom. The number of nitrogens with zero attached hydrogens (tertiary/aromatic N) is 1. The Morgan fingerprint density at radius 3 is 2.44 bits per heavy atom. The number of hydrogen-bond acceptors (Lipinski definition) is 3. The van der Waals surface area contributed by atoms with Crippen molar-refractivity contribution in [1.29, 1.82) is 0 Å². The largest absolute Gasteiger partial charge is 0.478 e. The molecule has 100 valence electrons. The number of carboxylic acids is 1. The van der Waals surface area contributed by atoms with Gasteiger partial charge in [0.25, 0.3) is 0 Å². The molecule has 1 aromatic carbocycles. The minimum absolute atomic E-state index is 0.343. The average molecular weight is 266 g/mol. The molecular weight excluding hydrogens is 256 g/mol. The van der Waals surface area contributed by atoms with Crippen LogP contribution in [0.1, 0.15) is 10.4 Å². The topological polar surface area (TPSA) is 66.6 Å². The van der Waals surface area contributed by atoms with Crippen LogP contribution in [-0.2, 0) is 0 Å². The molecule has 0 atom stereocenters. The summed E-state index contributed by atoms with van der Waals surface area (Å²) in [6.07, 6.45) is -4.52. The molecule has 8 heteroatoms. The summed E-state index contributed by atoms with van der Waals surface area (Å²) in [4.78, 5) is 11.3. The molecule has 4 nitrogen and oxygen atoms in total. The highest BCUT2D eigenvalue weighted by molar-refractivity contribution is 5.95. The van der Waals surface area contributed by atoms with E-state index >= 15 is 0 Å². The number of nitrogens with two attached hydrogens (primary N) is 1. The summed E-state index contributed by atoms with van der Waals surface area (Å²) in [5, 5.41) is 8.75. The average Bonchev–Trinajstić information content (AvgIpc) is 2.13. The van der Waals surface area contributed by atoms with Crippen molar-refractivity contribution in [3.8, 4) is 0 Å². The number of aromatic carboxylic acids is 1. The normalized spacial score (nSPS) is 11.4. The fraction of sp³-hybridized carbons (Fsp3) is 0.300. The van der Waals surface area contributed by atoms with E-state index in [1.54, 1.807) is 0 Å². The van der Waals surface area contributed by atoms with E-state index in [4.69, 9.17) is 10.8 Å². The van der Waals surface area contributed by atoms with Crippen molar-refractivity contribution < 1.29 is 27.5 Å². The standard InChI is InChI=1S/C10H10F4N2O2/c1-16(4-10(12,13)14)8-2-5(9(17)18)7(15)3-6(8)11/h2-3H,4,15H2,1H3,(H,17,18). The van der Waals surface area contributed by atoms with E-state index in [9.17, 15) is 22.4 Å². The van der Waals surface area contributed by atoms with Gasteiger partial charge in [-0.3, -0.25) is 0 Å². The smallest absolute Gasteiger partial charge is 0.405 e. The SMILES string of the molecule is CN(CC(F)(F)F)c1cc(C(=O)O)c(N)cc1F. The second-order valence-electron chi connectivity index (χ2n) is 3.67. The van der Waals surface area contributed by atoms with Crippen molar-refractivity contribution in [2.75, 3.05) is 24.2 Å². The van der Waals surface area contributed by atoms with E-state index in [1.807, 2.05) is 0 Å². The molecule has 0 spiro atoms. The van der Waals surface area contributed by atoms with Crippen molar-refractivity contribution in [2.45, 2.75) is 6.18 Å². The summed E-state index contributed by atoms with van der Waals surface area (Å²) >= 11 is 0. The molecule has 0 fully saturated rings. The Bertz CT molecular complexity index is 474. The van der Waals surface area contributed by atoms with Crippen LogP contribution in [-0.4, -0.2) is 30.8 Å². The number of rotatable bonds is 3. The highest BCUT2D eigenvalue weighted by atomic mass is 19.4. The molecule has 0 aromatic heterocycles. The van der Waals surface area contributed by atoms with Gasteiger partial charge in [0, 0.05) is 12.7 Å². The lowest BCUT2D eigenvalue weighted by molar-refractivity contribution is -0.119. The van der Waals surface area contributed by atoms with Gasteiger partial charge >= 0.3 is 12.1 Å². The first-order valence-electron chi connectivity index (χ1n) is 4.72. The van der Waals surface area contributed by atoms with E-state index in [0.717, 1.165) is 13.1 Å². The van der Waals surface area contributed by atoms with E-state index < -0.39 is 35.8 Å². The van der Waals surface area contributed by atoms with Crippen LogP contribution in [0.25, 0.3) is 0 Å². The maximum atomic E-state index is 13.4. The van der Waals surface area contributed by atoms with Crippen LogP contribution in [0.15, 0.2) is 12.1 Å². The van der Waals surface area contributed by atoms with Gasteiger partial charge in [0.1, 0.15) is 12.4 Å². The number of carboxylic acid groups (broad SMARTS) is 1. The third kappa shape index (κ3) is 3.25. The summed E-state index contributed by atoms with van der Waals surface area (Å²) in [7, 11) is 1.01. The molecular formula is C10H10F4N2O2. The molecule has 0 bridgehead atoms. The van der Waals surface area contributed by atoms with Crippen LogP contribution in [0.2, 0.25) is 0 Å². The van der Waals surface area contributed by atoms with Gasteiger partial charge < -0.3 is 15.7 Å². The Balaban J connectivity index is 3.16. The summed E-state index contributed by atoms with van der Waals surface area (Å²) in [6.45, 7) is -1.40. The van der Waals surface area contributed by atoms with Gasteiger partial charge in [-0.15, -0.1) is 0 Å². The number of alkyl halides is 3. The van der Waals surface area contributed by atoms with Crippen molar-refractivity contribution in [3.05, 3.63) is 23.5 Å². The maximum absolute atomic E-state index is 13.4. The Hall–Kier alpha value is -1.99. The molecule has 18 heavy (non-hydrogen) atoms. The molecule has 0 aliphatic carbocycles. The number of benzene rings is 1. The molecule has 0 saturated carbocycles. The number of hydrogen-bond donors (Lipinski definition) is 2. The second kappa shape index (κ2) is 4.71. The van der Waals surface area contributed by atoms with Crippen LogP contribution in [0.4, 0.5) is 28.9 Å². The molecule has 0 heterocycles. The Morgan fingerprint density at radius 2 is 2.00 bits per heavy atom. The van der Waals surface area contributed by atoms with Crippen LogP contribution in [0.5, 0.6) is 0 Å². The first kappa shape index (κ1) is 14.1. The molecule has 0 aliphatic heterocycles. The van der Waals surface area contributed by atoms with Gasteiger partial charge in [0.05, 0.1) is 11.3 Å². The molecule has 0 radical (unpaired) electrons. The summed E-state index contributed by atoms with van der Waals surface area (Å²) in [5.74, 6) is -2.45. The molecule has 1 aromatic rings. The molecule has 0 unspecified atom stereocenters. The number of nitrogen functional groups attached to an aromatic ring is 1. The number of anilines is 2. The van der Waals surface area contributed by atoms with Crippen LogP contribution in [0, 0.1) is 5.82 Å². The Kier molecular flexibility index (Phi) is 3.68. The van der Waals surface area contributed by atoms with Crippen LogP contribution < -0.4 is 10.6 Å². The van der Waals surface area contributed by atoms with Crippen LogP contribution in [0.3, 0.4) is 0 Å². The van der Waals surface area contributed by atoms with E-state index in [2.05, 4.69) is 0 Å². The van der Waals surface area contributed by atoms with Crippen molar-refractivity contribution in [1.82, 2.24) is 0 Å². The van der Waals surface area contributed by atoms with Gasteiger partial charge in [0.15, 0.2) is 0 Å². The van der Waals surface area contributed by atoms with E-state index in [0.29, 0.717) is 11.0 Å². The van der Waals surface area contributed by atoms with E-state index in [1.165, 1.54) is 0 Å². The third-order valence-electron chi connectivity index (χ3n) is 2.18. The quantitative estimate of drug-likeness (QED) is 0.649. The van der Waals surface area contributed by atoms with Crippen molar-refractivity contribution >= 4 is 17.3 Å². The first-order chi connectivity index (χ1) is 8.11. The minimum atomic E-state index is -4.52. The van der Waals surface area contributed by atoms with Crippen LogP contribution >= 0.6 is 0 Å². The highest BCUT2D eigenvalue weighted by Crippen LogP contribution is 2.27. The highest BCUT2D eigenvalue weighted by Gasteiger charge is 2.30. The molecule has 1 rings (SSSR count). The first-order valence-corrected chi connectivity index (χ1v) is 4.72. The summed E-state index contributed by atoms with van der Waals surface area (Å²) in [5.41, 5.74) is 4.00. The minimum Gasteiger partial charge on any atom is -0.478 e. The Labute approximate surface area is 99.6 Å². The van der Waals surface area contributed by atoms with Gasteiger partial charge in [-0.2, -0.15) is 13.2 Å². The van der Waals surface area contributed by atoms with Crippen molar-refractivity contribution in [3.63, 3.8) is 0 Å². The second-order valence-corrected chi connectivity index (χ2v) is 3.67.